The molecule has 132 valence electrons. The van der Waals surface area contributed by atoms with Gasteiger partial charge in [0.1, 0.15) is 19.0 Å². The molecule has 1 N–H and O–H groups in total. The maximum atomic E-state index is 11.8. The minimum atomic E-state index is -0.440. The van der Waals surface area contributed by atoms with E-state index in [2.05, 4.69) is 5.32 Å². The highest BCUT2D eigenvalue weighted by atomic mass is 16.5. The van der Waals surface area contributed by atoms with Crippen LogP contribution in [-0.4, -0.2) is 6.09 Å². The normalized spacial score (nSPS) is 10.2. The molecule has 26 heavy (non-hydrogen) atoms. The molecule has 0 aromatic heterocycles. The van der Waals surface area contributed by atoms with E-state index in [9.17, 15) is 4.79 Å². The molecule has 0 aliphatic rings. The number of rotatable bonds is 7. The van der Waals surface area contributed by atoms with Crippen LogP contribution >= 0.6 is 0 Å². The molecule has 0 unspecified atom stereocenters. The van der Waals surface area contributed by atoms with Crippen LogP contribution in [0, 0.1) is 0 Å². The molecule has 1 amide bonds. The summed E-state index contributed by atoms with van der Waals surface area (Å²) < 4.78 is 11.0. The van der Waals surface area contributed by atoms with Gasteiger partial charge in [0.2, 0.25) is 0 Å². The largest absolute Gasteiger partial charge is 0.489 e. The highest BCUT2D eigenvalue weighted by molar-refractivity contribution is 5.67. The van der Waals surface area contributed by atoms with Crippen molar-refractivity contribution in [3.63, 3.8) is 0 Å². The number of nitrogens with one attached hydrogen (secondary N) is 1. The van der Waals surface area contributed by atoms with E-state index >= 15 is 0 Å². The first kappa shape index (κ1) is 17.5. The monoisotopic (exact) mass is 347 g/mol. The van der Waals surface area contributed by atoms with E-state index in [1.54, 1.807) is 0 Å². The van der Waals surface area contributed by atoms with Crippen LogP contribution in [0.3, 0.4) is 0 Å². The number of alkyl carbamates (subject to hydrolysis) is 1. The molecule has 3 aromatic rings. The highest BCUT2D eigenvalue weighted by Crippen LogP contribution is 2.15. The summed E-state index contributed by atoms with van der Waals surface area (Å²) in [5.41, 5.74) is 3.02. The predicted octanol–water partition coefficient (Wildman–Crippen LogP) is 4.69. The van der Waals surface area contributed by atoms with Crippen LogP contribution in [0.2, 0.25) is 0 Å². The summed E-state index contributed by atoms with van der Waals surface area (Å²) in [6, 6.07) is 27.3. The zero-order chi connectivity index (χ0) is 18.0. The second-order valence-electron chi connectivity index (χ2n) is 5.84. The SMILES string of the molecule is O=C(NCc1cccc(OCc2ccccc2)c1)OCc1ccccc1. The van der Waals surface area contributed by atoms with Crippen molar-refractivity contribution >= 4 is 6.09 Å². The van der Waals surface area contributed by atoms with Crippen molar-refractivity contribution in [3.05, 3.63) is 102 Å². The summed E-state index contributed by atoms with van der Waals surface area (Å²) in [5.74, 6) is 0.769. The van der Waals surface area contributed by atoms with Gasteiger partial charge in [0, 0.05) is 6.54 Å². The third kappa shape index (κ3) is 5.67. The third-order valence-corrected chi connectivity index (χ3v) is 3.80. The topological polar surface area (TPSA) is 47.6 Å². The van der Waals surface area contributed by atoms with Gasteiger partial charge in [-0.15, -0.1) is 0 Å². The summed E-state index contributed by atoms with van der Waals surface area (Å²) in [5, 5.41) is 2.75. The summed E-state index contributed by atoms with van der Waals surface area (Å²) in [4.78, 5) is 11.8. The van der Waals surface area contributed by atoms with Crippen molar-refractivity contribution in [3.8, 4) is 5.75 Å². The molecule has 0 heterocycles. The first-order valence-corrected chi connectivity index (χ1v) is 8.50. The molecule has 4 heteroatoms. The molecule has 0 fully saturated rings. The standard InChI is InChI=1S/C22H21NO3/c24-22(26-17-19-10-5-2-6-11-19)23-15-20-12-7-13-21(14-20)25-16-18-8-3-1-4-9-18/h1-14H,15-17H2,(H,23,24). The van der Waals surface area contributed by atoms with Gasteiger partial charge in [-0.05, 0) is 28.8 Å². The minimum Gasteiger partial charge on any atom is -0.489 e. The average Bonchev–Trinajstić information content (AvgIpc) is 2.71. The number of ether oxygens (including phenoxy) is 2. The third-order valence-electron chi connectivity index (χ3n) is 3.80. The molecule has 0 aliphatic carbocycles. The van der Waals surface area contributed by atoms with Crippen molar-refractivity contribution < 1.29 is 14.3 Å². The predicted molar refractivity (Wildman–Crippen MR) is 101 cm³/mol. The molecular formula is C22H21NO3. The van der Waals surface area contributed by atoms with Crippen LogP contribution in [-0.2, 0) is 24.5 Å². The number of carbonyl (C=O) groups excluding carboxylic acids is 1. The minimum absolute atomic E-state index is 0.257. The molecule has 4 nitrogen and oxygen atoms in total. The zero-order valence-electron chi connectivity index (χ0n) is 14.4. The van der Waals surface area contributed by atoms with Crippen LogP contribution in [0.15, 0.2) is 84.9 Å². The summed E-state index contributed by atoms with van der Waals surface area (Å²) in [7, 11) is 0. The summed E-state index contributed by atoms with van der Waals surface area (Å²) in [6.07, 6.45) is -0.440. The smallest absolute Gasteiger partial charge is 0.407 e. The Hall–Kier alpha value is -3.27. The number of carbonyl (C=O) groups is 1. The van der Waals surface area contributed by atoms with Crippen LogP contribution in [0.4, 0.5) is 4.79 Å². The van der Waals surface area contributed by atoms with Gasteiger partial charge in [0.15, 0.2) is 0 Å². The molecular weight excluding hydrogens is 326 g/mol. The molecule has 0 saturated carbocycles. The Morgan fingerprint density at radius 1 is 0.731 bits per heavy atom. The lowest BCUT2D eigenvalue weighted by atomic mass is 10.2. The second kappa shape index (κ2) is 9.28. The zero-order valence-corrected chi connectivity index (χ0v) is 14.4. The molecule has 0 radical (unpaired) electrons. The van der Waals surface area contributed by atoms with Gasteiger partial charge in [-0.1, -0.05) is 72.8 Å². The molecule has 0 saturated heterocycles. The fourth-order valence-electron chi connectivity index (χ4n) is 2.43. The highest BCUT2D eigenvalue weighted by Gasteiger charge is 2.04. The Balaban J connectivity index is 1.45. The maximum Gasteiger partial charge on any atom is 0.407 e. The molecule has 0 aliphatic heterocycles. The van der Waals surface area contributed by atoms with Gasteiger partial charge in [0.25, 0.3) is 0 Å². The van der Waals surface area contributed by atoms with Crippen LogP contribution < -0.4 is 10.1 Å². The molecule has 3 aromatic carbocycles. The van der Waals surface area contributed by atoms with E-state index in [1.807, 2.05) is 84.9 Å². The number of hydrogen-bond donors (Lipinski definition) is 1. The fraction of sp³-hybridized carbons (Fsp3) is 0.136. The Kier molecular flexibility index (Phi) is 6.26. The van der Waals surface area contributed by atoms with Gasteiger partial charge < -0.3 is 14.8 Å². The molecule has 0 spiro atoms. The lowest BCUT2D eigenvalue weighted by Gasteiger charge is -2.10. The number of amides is 1. The quantitative estimate of drug-likeness (QED) is 0.674. The van der Waals surface area contributed by atoms with Crippen molar-refractivity contribution in [2.45, 2.75) is 19.8 Å². The van der Waals surface area contributed by atoms with Crippen LogP contribution in [0.25, 0.3) is 0 Å². The van der Waals surface area contributed by atoms with Crippen molar-refractivity contribution in [2.24, 2.45) is 0 Å². The number of hydrogen-bond acceptors (Lipinski definition) is 3. The molecule has 0 atom stereocenters. The van der Waals surface area contributed by atoms with E-state index in [0.29, 0.717) is 13.2 Å². The molecule has 0 bridgehead atoms. The maximum absolute atomic E-state index is 11.8. The fourth-order valence-corrected chi connectivity index (χ4v) is 2.43. The Morgan fingerprint density at radius 3 is 2.04 bits per heavy atom. The van der Waals surface area contributed by atoms with Crippen molar-refractivity contribution in [1.29, 1.82) is 0 Å². The second-order valence-corrected chi connectivity index (χ2v) is 5.84. The lowest BCUT2D eigenvalue weighted by Crippen LogP contribution is -2.23. The summed E-state index contributed by atoms with van der Waals surface area (Å²) in [6.45, 7) is 1.15. The lowest BCUT2D eigenvalue weighted by molar-refractivity contribution is 0.139. The van der Waals surface area contributed by atoms with E-state index in [-0.39, 0.29) is 6.61 Å². The van der Waals surface area contributed by atoms with Crippen molar-refractivity contribution in [2.75, 3.05) is 0 Å². The first-order chi connectivity index (χ1) is 12.8. The Labute approximate surface area is 153 Å². The van der Waals surface area contributed by atoms with Crippen LogP contribution in [0.1, 0.15) is 16.7 Å². The molecule has 3 rings (SSSR count). The van der Waals surface area contributed by atoms with Gasteiger partial charge in [-0.2, -0.15) is 0 Å². The van der Waals surface area contributed by atoms with Gasteiger partial charge in [0.05, 0.1) is 0 Å². The number of benzene rings is 3. The van der Waals surface area contributed by atoms with E-state index in [0.717, 1.165) is 22.4 Å². The average molecular weight is 347 g/mol. The Bertz CT molecular complexity index is 819. The van der Waals surface area contributed by atoms with Gasteiger partial charge in [-0.3, -0.25) is 0 Å². The van der Waals surface area contributed by atoms with E-state index in [4.69, 9.17) is 9.47 Å². The summed E-state index contributed by atoms with van der Waals surface area (Å²) >= 11 is 0. The van der Waals surface area contributed by atoms with Crippen molar-refractivity contribution in [1.82, 2.24) is 5.32 Å². The Morgan fingerprint density at radius 2 is 1.35 bits per heavy atom. The van der Waals surface area contributed by atoms with Crippen LogP contribution in [0.5, 0.6) is 5.75 Å². The first-order valence-electron chi connectivity index (χ1n) is 8.50. The van der Waals surface area contributed by atoms with Gasteiger partial charge in [-0.25, -0.2) is 4.79 Å². The van der Waals surface area contributed by atoms with Gasteiger partial charge >= 0.3 is 6.09 Å². The van der Waals surface area contributed by atoms with E-state index in [1.165, 1.54) is 0 Å². The van der Waals surface area contributed by atoms with E-state index < -0.39 is 6.09 Å².